The van der Waals surface area contributed by atoms with Crippen molar-refractivity contribution in [2.24, 2.45) is 0 Å². The molecule has 1 aliphatic rings. The van der Waals surface area contributed by atoms with Crippen molar-refractivity contribution in [2.75, 3.05) is 24.8 Å². The molecule has 2 N–H and O–H groups in total. The molecule has 7 nitrogen and oxygen atoms in total. The molecule has 1 amide bonds. The first-order valence-corrected chi connectivity index (χ1v) is 11.9. The van der Waals surface area contributed by atoms with E-state index in [1.165, 1.54) is 18.9 Å². The molecule has 2 aromatic rings. The number of nitrogens with zero attached hydrogens (tertiary/aromatic N) is 1. The standard InChI is InChI=1S/C26H27N3O4S/c1-4-14-33-22(30)16-34-26-19(15-27)24(18-10-6-5-7-11-18)23(17(2)28-26)25(31)29-20-12-8-9-13-21(20)32-3/h5-13,24,28H,4,14,16H2,1-3H3,(H,29,31). The Morgan fingerprint density at radius 2 is 1.85 bits per heavy atom. The predicted octanol–water partition coefficient (Wildman–Crippen LogP) is 4.72. The van der Waals surface area contributed by atoms with Crippen molar-refractivity contribution in [3.8, 4) is 11.8 Å². The second-order valence-corrected chi connectivity index (χ2v) is 8.51. The van der Waals surface area contributed by atoms with Crippen LogP contribution in [0.15, 0.2) is 76.5 Å². The van der Waals surface area contributed by atoms with Crippen molar-refractivity contribution in [3.63, 3.8) is 0 Å². The fourth-order valence-corrected chi connectivity index (χ4v) is 4.52. The van der Waals surface area contributed by atoms with Gasteiger partial charge in [0.2, 0.25) is 0 Å². The van der Waals surface area contributed by atoms with Gasteiger partial charge in [-0.15, -0.1) is 0 Å². The van der Waals surface area contributed by atoms with Crippen LogP contribution < -0.4 is 15.4 Å². The smallest absolute Gasteiger partial charge is 0.316 e. The highest BCUT2D eigenvalue weighted by atomic mass is 32.2. The zero-order valence-electron chi connectivity index (χ0n) is 19.4. The highest BCUT2D eigenvalue weighted by molar-refractivity contribution is 8.03. The van der Waals surface area contributed by atoms with Crippen LogP contribution in [0, 0.1) is 11.3 Å². The van der Waals surface area contributed by atoms with Gasteiger partial charge in [-0.05, 0) is 31.0 Å². The number of para-hydroxylation sites is 2. The quantitative estimate of drug-likeness (QED) is 0.504. The summed E-state index contributed by atoms with van der Waals surface area (Å²) in [5, 5.41) is 16.7. The van der Waals surface area contributed by atoms with Crippen molar-refractivity contribution in [3.05, 3.63) is 82.0 Å². The number of dihydropyridines is 1. The number of esters is 1. The van der Waals surface area contributed by atoms with Gasteiger partial charge in [-0.1, -0.05) is 61.2 Å². The molecule has 1 aliphatic heterocycles. The number of thioether (sulfide) groups is 1. The molecule has 2 aromatic carbocycles. The van der Waals surface area contributed by atoms with E-state index >= 15 is 0 Å². The van der Waals surface area contributed by atoms with Gasteiger partial charge in [-0.3, -0.25) is 9.59 Å². The van der Waals surface area contributed by atoms with Gasteiger partial charge in [0, 0.05) is 11.3 Å². The largest absolute Gasteiger partial charge is 0.495 e. The summed E-state index contributed by atoms with van der Waals surface area (Å²) in [6.45, 7) is 4.07. The molecule has 0 saturated carbocycles. The average Bonchev–Trinajstić information content (AvgIpc) is 2.86. The maximum atomic E-state index is 13.5. The van der Waals surface area contributed by atoms with Gasteiger partial charge in [-0.2, -0.15) is 5.26 Å². The predicted molar refractivity (Wildman–Crippen MR) is 133 cm³/mol. The van der Waals surface area contributed by atoms with E-state index in [0.29, 0.717) is 39.9 Å². The molecule has 0 fully saturated rings. The van der Waals surface area contributed by atoms with Gasteiger partial charge in [0.15, 0.2) is 0 Å². The van der Waals surface area contributed by atoms with Crippen molar-refractivity contribution in [1.29, 1.82) is 5.26 Å². The van der Waals surface area contributed by atoms with Crippen molar-refractivity contribution >= 4 is 29.3 Å². The number of allylic oxidation sites excluding steroid dienone is 2. The Bertz CT molecular complexity index is 1150. The van der Waals surface area contributed by atoms with E-state index in [4.69, 9.17) is 9.47 Å². The number of amides is 1. The Kier molecular flexibility index (Phi) is 8.77. The van der Waals surface area contributed by atoms with Gasteiger partial charge < -0.3 is 20.1 Å². The summed E-state index contributed by atoms with van der Waals surface area (Å²) in [7, 11) is 1.54. The van der Waals surface area contributed by atoms with Crippen LogP contribution in [0.4, 0.5) is 5.69 Å². The molecule has 0 aromatic heterocycles. The number of rotatable bonds is 9. The molecule has 8 heteroatoms. The Morgan fingerprint density at radius 1 is 1.15 bits per heavy atom. The first-order chi connectivity index (χ1) is 16.5. The third-order valence-corrected chi connectivity index (χ3v) is 6.17. The first kappa shape index (κ1) is 24.9. The Morgan fingerprint density at radius 3 is 2.53 bits per heavy atom. The number of carbonyl (C=O) groups is 2. The summed E-state index contributed by atoms with van der Waals surface area (Å²) < 4.78 is 10.5. The van der Waals surface area contributed by atoms with Gasteiger partial charge >= 0.3 is 5.97 Å². The summed E-state index contributed by atoms with van der Waals surface area (Å²) in [6, 6.07) is 18.8. The van der Waals surface area contributed by atoms with Gasteiger partial charge in [0.05, 0.1) is 47.7 Å². The number of ether oxygens (including phenoxy) is 2. The normalized spacial score (nSPS) is 15.3. The van der Waals surface area contributed by atoms with E-state index in [-0.39, 0.29) is 17.6 Å². The third kappa shape index (κ3) is 5.80. The zero-order chi connectivity index (χ0) is 24.5. The topological polar surface area (TPSA) is 100 Å². The molecular weight excluding hydrogens is 450 g/mol. The fourth-order valence-electron chi connectivity index (χ4n) is 3.63. The first-order valence-electron chi connectivity index (χ1n) is 10.9. The van der Waals surface area contributed by atoms with Crippen molar-refractivity contribution in [2.45, 2.75) is 26.2 Å². The summed E-state index contributed by atoms with van der Waals surface area (Å²) >= 11 is 1.20. The van der Waals surface area contributed by atoms with Crippen LogP contribution in [0.1, 0.15) is 31.7 Å². The van der Waals surface area contributed by atoms with E-state index in [9.17, 15) is 14.9 Å². The minimum Gasteiger partial charge on any atom is -0.495 e. The monoisotopic (exact) mass is 477 g/mol. The van der Waals surface area contributed by atoms with Gasteiger partial charge in [0.25, 0.3) is 5.91 Å². The van der Waals surface area contributed by atoms with E-state index in [1.54, 1.807) is 25.1 Å². The number of anilines is 1. The van der Waals surface area contributed by atoms with Crippen molar-refractivity contribution < 1.29 is 19.1 Å². The number of hydrogen-bond acceptors (Lipinski definition) is 7. The Balaban J connectivity index is 1.97. The molecule has 0 spiro atoms. The second kappa shape index (κ2) is 12.0. The number of nitrogens with one attached hydrogen (secondary N) is 2. The molecule has 1 atom stereocenters. The number of hydrogen-bond donors (Lipinski definition) is 2. The molecule has 176 valence electrons. The maximum absolute atomic E-state index is 13.5. The lowest BCUT2D eigenvalue weighted by atomic mass is 9.82. The van der Waals surface area contributed by atoms with Crippen LogP contribution in [-0.4, -0.2) is 31.3 Å². The molecule has 0 aliphatic carbocycles. The average molecular weight is 478 g/mol. The number of benzene rings is 2. The fraction of sp³-hybridized carbons (Fsp3) is 0.269. The minimum absolute atomic E-state index is 0.0606. The molecule has 0 radical (unpaired) electrons. The van der Waals surface area contributed by atoms with Crippen LogP contribution >= 0.6 is 11.8 Å². The summed E-state index contributed by atoms with van der Waals surface area (Å²) in [6.07, 6.45) is 0.739. The van der Waals surface area contributed by atoms with E-state index in [0.717, 1.165) is 12.0 Å². The Hall–Kier alpha value is -3.70. The van der Waals surface area contributed by atoms with Crippen LogP contribution in [-0.2, 0) is 14.3 Å². The van der Waals surface area contributed by atoms with Crippen molar-refractivity contribution in [1.82, 2.24) is 5.32 Å². The summed E-state index contributed by atoms with van der Waals surface area (Å²) in [5.41, 5.74) is 2.73. The lowest BCUT2D eigenvalue weighted by molar-refractivity contribution is -0.140. The van der Waals surface area contributed by atoms with Gasteiger partial charge in [0.1, 0.15) is 5.75 Å². The second-order valence-electron chi connectivity index (χ2n) is 7.53. The number of nitriles is 1. The zero-order valence-corrected chi connectivity index (χ0v) is 20.2. The third-order valence-electron chi connectivity index (χ3n) is 5.18. The summed E-state index contributed by atoms with van der Waals surface area (Å²) in [5.74, 6) is -0.702. The molecule has 3 rings (SSSR count). The SMILES string of the molecule is CCCOC(=O)CSC1=C(C#N)C(c2ccccc2)C(C(=O)Nc2ccccc2OC)=C(C)N1. The van der Waals surface area contributed by atoms with E-state index in [1.807, 2.05) is 43.3 Å². The highest BCUT2D eigenvalue weighted by Crippen LogP contribution is 2.41. The van der Waals surface area contributed by atoms with E-state index in [2.05, 4.69) is 16.7 Å². The molecule has 34 heavy (non-hydrogen) atoms. The van der Waals surface area contributed by atoms with Crippen LogP contribution in [0.2, 0.25) is 0 Å². The lowest BCUT2D eigenvalue weighted by Gasteiger charge is -2.30. The maximum Gasteiger partial charge on any atom is 0.316 e. The van der Waals surface area contributed by atoms with Gasteiger partial charge in [-0.25, -0.2) is 0 Å². The van der Waals surface area contributed by atoms with Crippen LogP contribution in [0.25, 0.3) is 0 Å². The van der Waals surface area contributed by atoms with Crippen LogP contribution in [0.5, 0.6) is 5.75 Å². The Labute approximate surface area is 203 Å². The lowest BCUT2D eigenvalue weighted by Crippen LogP contribution is -2.31. The number of methoxy groups -OCH3 is 1. The highest BCUT2D eigenvalue weighted by Gasteiger charge is 2.35. The van der Waals surface area contributed by atoms with E-state index < -0.39 is 5.92 Å². The molecule has 1 unspecified atom stereocenters. The number of carbonyl (C=O) groups excluding carboxylic acids is 2. The van der Waals surface area contributed by atoms with Crippen LogP contribution in [0.3, 0.4) is 0 Å². The molecule has 0 bridgehead atoms. The minimum atomic E-state index is -0.601. The summed E-state index contributed by atoms with van der Waals surface area (Å²) in [4.78, 5) is 25.5. The molecule has 1 heterocycles. The molecule has 0 saturated heterocycles. The molecular formula is C26H27N3O4S.